The highest BCUT2D eigenvalue weighted by molar-refractivity contribution is 7.91. The zero-order valence-electron chi connectivity index (χ0n) is 10.6. The van der Waals surface area contributed by atoms with E-state index >= 15 is 0 Å². The maximum absolute atomic E-state index is 12.0. The Balaban J connectivity index is 2.08. The van der Waals surface area contributed by atoms with Gasteiger partial charge in [0, 0.05) is 17.8 Å². The molecular weight excluding hydrogens is 284 g/mol. The molecular formula is C12H14N2O5S. The van der Waals surface area contributed by atoms with Crippen LogP contribution in [0.3, 0.4) is 0 Å². The topological polar surface area (TPSA) is 113 Å². The molecule has 1 aromatic heterocycles. The van der Waals surface area contributed by atoms with E-state index in [9.17, 15) is 18.0 Å². The first kappa shape index (κ1) is 14.4. The van der Waals surface area contributed by atoms with E-state index in [2.05, 4.69) is 10.3 Å². The van der Waals surface area contributed by atoms with Gasteiger partial charge < -0.3 is 10.4 Å². The molecule has 0 unspecified atom stereocenters. The largest absolute Gasteiger partial charge is 0.477 e. The molecule has 1 saturated heterocycles. The van der Waals surface area contributed by atoms with Crippen LogP contribution in [0.5, 0.6) is 0 Å². The van der Waals surface area contributed by atoms with Crippen molar-refractivity contribution in [1.29, 1.82) is 0 Å². The molecule has 1 amide bonds. The Hall–Kier alpha value is -1.96. The molecule has 108 valence electrons. The van der Waals surface area contributed by atoms with Crippen molar-refractivity contribution in [2.75, 3.05) is 11.5 Å². The molecule has 0 saturated carbocycles. The van der Waals surface area contributed by atoms with Gasteiger partial charge in [-0.2, -0.15) is 0 Å². The van der Waals surface area contributed by atoms with Gasteiger partial charge >= 0.3 is 5.97 Å². The summed E-state index contributed by atoms with van der Waals surface area (Å²) in [6.45, 7) is 0. The van der Waals surface area contributed by atoms with Gasteiger partial charge in [0.05, 0.1) is 11.5 Å². The Morgan fingerprint density at radius 3 is 2.80 bits per heavy atom. The van der Waals surface area contributed by atoms with E-state index in [1.165, 1.54) is 12.3 Å². The number of sulfone groups is 1. The first-order chi connectivity index (χ1) is 9.37. The molecule has 20 heavy (non-hydrogen) atoms. The molecule has 0 radical (unpaired) electrons. The van der Waals surface area contributed by atoms with E-state index in [4.69, 9.17) is 5.11 Å². The maximum Gasteiger partial charge on any atom is 0.354 e. The molecule has 0 aliphatic carbocycles. The second-order valence-electron chi connectivity index (χ2n) is 4.66. The Kier molecular flexibility index (Phi) is 4.03. The number of amides is 1. The van der Waals surface area contributed by atoms with Gasteiger partial charge in [0.2, 0.25) is 0 Å². The SMILES string of the molecule is O=C(N[C@@H]1CCCS(=O)(=O)C1)c1ccnc(C(=O)O)c1. The molecule has 8 heteroatoms. The lowest BCUT2D eigenvalue weighted by molar-refractivity contribution is 0.0690. The maximum atomic E-state index is 12.0. The van der Waals surface area contributed by atoms with Gasteiger partial charge in [-0.1, -0.05) is 0 Å². The summed E-state index contributed by atoms with van der Waals surface area (Å²) in [5.74, 6) is -1.63. The van der Waals surface area contributed by atoms with Crippen molar-refractivity contribution in [3.8, 4) is 0 Å². The number of aromatic nitrogens is 1. The summed E-state index contributed by atoms with van der Waals surface area (Å²) in [6, 6.07) is 2.12. The summed E-state index contributed by atoms with van der Waals surface area (Å²) >= 11 is 0. The third kappa shape index (κ3) is 3.53. The first-order valence-corrected chi connectivity index (χ1v) is 7.90. The van der Waals surface area contributed by atoms with E-state index in [0.29, 0.717) is 12.8 Å². The fourth-order valence-corrected chi connectivity index (χ4v) is 3.73. The normalized spacial score (nSPS) is 21.1. The lowest BCUT2D eigenvalue weighted by atomic mass is 10.1. The minimum Gasteiger partial charge on any atom is -0.477 e. The minimum atomic E-state index is -3.10. The molecule has 2 N–H and O–H groups in total. The van der Waals surface area contributed by atoms with Crippen molar-refractivity contribution >= 4 is 21.7 Å². The number of carboxylic acid groups (broad SMARTS) is 1. The second-order valence-corrected chi connectivity index (χ2v) is 6.89. The van der Waals surface area contributed by atoms with Crippen molar-refractivity contribution < 1.29 is 23.1 Å². The van der Waals surface area contributed by atoms with Gasteiger partial charge in [0.15, 0.2) is 9.84 Å². The summed E-state index contributed by atoms with van der Waals surface area (Å²) in [5.41, 5.74) is -0.0747. The van der Waals surface area contributed by atoms with Crippen LogP contribution in [0.15, 0.2) is 18.3 Å². The highest BCUT2D eigenvalue weighted by atomic mass is 32.2. The van der Waals surface area contributed by atoms with E-state index in [1.54, 1.807) is 0 Å². The Morgan fingerprint density at radius 1 is 1.40 bits per heavy atom. The summed E-state index contributed by atoms with van der Waals surface area (Å²) in [4.78, 5) is 26.4. The van der Waals surface area contributed by atoms with Crippen LogP contribution >= 0.6 is 0 Å². The number of hydrogen-bond donors (Lipinski definition) is 2. The molecule has 1 aliphatic heterocycles. The molecule has 1 atom stereocenters. The number of nitrogens with zero attached hydrogens (tertiary/aromatic N) is 1. The molecule has 0 spiro atoms. The predicted molar refractivity (Wildman–Crippen MR) is 70.3 cm³/mol. The lowest BCUT2D eigenvalue weighted by Gasteiger charge is -2.23. The molecule has 2 heterocycles. The average molecular weight is 298 g/mol. The van der Waals surface area contributed by atoms with Crippen LogP contribution in [0, 0.1) is 0 Å². The summed E-state index contributed by atoms with van der Waals surface area (Å²) in [6.07, 6.45) is 2.35. The van der Waals surface area contributed by atoms with Crippen LogP contribution in [0.2, 0.25) is 0 Å². The monoisotopic (exact) mass is 298 g/mol. The molecule has 1 aliphatic rings. The number of hydrogen-bond acceptors (Lipinski definition) is 5. The zero-order chi connectivity index (χ0) is 14.8. The van der Waals surface area contributed by atoms with E-state index in [1.807, 2.05) is 0 Å². The fraction of sp³-hybridized carbons (Fsp3) is 0.417. The first-order valence-electron chi connectivity index (χ1n) is 6.08. The molecule has 0 bridgehead atoms. The second kappa shape index (κ2) is 5.58. The number of rotatable bonds is 3. The third-order valence-corrected chi connectivity index (χ3v) is 4.86. The number of carbonyl (C=O) groups excluding carboxylic acids is 1. The number of carbonyl (C=O) groups is 2. The standard InChI is InChI=1S/C12H14N2O5S/c15-11(8-3-4-13-10(6-8)12(16)17)14-9-2-1-5-20(18,19)7-9/h3-4,6,9H,1-2,5,7H2,(H,14,15)(H,16,17)/t9-/m1/s1. The number of aromatic carboxylic acids is 1. The van der Waals surface area contributed by atoms with Gasteiger partial charge in [0.25, 0.3) is 5.91 Å². The van der Waals surface area contributed by atoms with Crippen molar-refractivity contribution in [2.45, 2.75) is 18.9 Å². The van der Waals surface area contributed by atoms with Crippen LogP contribution in [0.4, 0.5) is 0 Å². The average Bonchev–Trinajstić information content (AvgIpc) is 2.37. The highest BCUT2D eigenvalue weighted by Gasteiger charge is 2.26. The summed E-state index contributed by atoms with van der Waals surface area (Å²) < 4.78 is 23.0. The van der Waals surface area contributed by atoms with Crippen molar-refractivity contribution in [1.82, 2.24) is 10.3 Å². The van der Waals surface area contributed by atoms with Crippen LogP contribution in [0.1, 0.15) is 33.7 Å². The lowest BCUT2D eigenvalue weighted by Crippen LogP contribution is -2.43. The van der Waals surface area contributed by atoms with Crippen molar-refractivity contribution in [2.24, 2.45) is 0 Å². The highest BCUT2D eigenvalue weighted by Crippen LogP contribution is 2.13. The Morgan fingerprint density at radius 2 is 2.15 bits per heavy atom. The van der Waals surface area contributed by atoms with E-state index in [0.717, 1.165) is 6.07 Å². The molecule has 2 rings (SSSR count). The number of carboxylic acids is 1. The third-order valence-electron chi connectivity index (χ3n) is 3.04. The van der Waals surface area contributed by atoms with Gasteiger partial charge in [-0.05, 0) is 25.0 Å². The van der Waals surface area contributed by atoms with Crippen LogP contribution in [0.25, 0.3) is 0 Å². The van der Waals surface area contributed by atoms with Gasteiger partial charge in [-0.3, -0.25) is 4.79 Å². The van der Waals surface area contributed by atoms with Gasteiger partial charge in [-0.15, -0.1) is 0 Å². The van der Waals surface area contributed by atoms with Crippen LogP contribution in [-0.2, 0) is 9.84 Å². The Labute approximate surface area is 115 Å². The quantitative estimate of drug-likeness (QED) is 0.817. The molecule has 7 nitrogen and oxygen atoms in total. The zero-order valence-corrected chi connectivity index (χ0v) is 11.4. The van der Waals surface area contributed by atoms with E-state index in [-0.39, 0.29) is 22.8 Å². The summed E-state index contributed by atoms with van der Waals surface area (Å²) in [7, 11) is -3.10. The van der Waals surface area contributed by atoms with Crippen molar-refractivity contribution in [3.63, 3.8) is 0 Å². The molecule has 1 aromatic rings. The number of pyridine rings is 1. The molecule has 0 aromatic carbocycles. The van der Waals surface area contributed by atoms with Crippen LogP contribution in [-0.4, -0.2) is 47.9 Å². The number of nitrogens with one attached hydrogen (secondary N) is 1. The summed E-state index contributed by atoms with van der Waals surface area (Å²) in [5, 5.41) is 11.4. The minimum absolute atomic E-state index is 0.0738. The van der Waals surface area contributed by atoms with Crippen molar-refractivity contribution in [3.05, 3.63) is 29.6 Å². The Bertz CT molecular complexity index is 641. The predicted octanol–water partition coefficient (Wildman–Crippen LogP) is 0.0868. The van der Waals surface area contributed by atoms with Gasteiger partial charge in [0.1, 0.15) is 5.69 Å². The molecule has 1 fully saturated rings. The van der Waals surface area contributed by atoms with E-state index < -0.39 is 27.8 Å². The fourth-order valence-electron chi connectivity index (χ4n) is 2.09. The smallest absolute Gasteiger partial charge is 0.354 e. The van der Waals surface area contributed by atoms with Crippen LogP contribution < -0.4 is 5.32 Å². The van der Waals surface area contributed by atoms with Gasteiger partial charge in [-0.25, -0.2) is 18.2 Å².